The predicted octanol–water partition coefficient (Wildman–Crippen LogP) is 2.61. The molecule has 4 rings (SSSR count). The van der Waals surface area contributed by atoms with E-state index in [4.69, 9.17) is 4.74 Å². The maximum absolute atomic E-state index is 5.39. The van der Waals surface area contributed by atoms with Crippen LogP contribution in [0.1, 0.15) is 17.5 Å². The van der Waals surface area contributed by atoms with Gasteiger partial charge in [0.15, 0.2) is 0 Å². The molecule has 0 aliphatic carbocycles. The molecule has 0 saturated heterocycles. The van der Waals surface area contributed by atoms with Crippen molar-refractivity contribution < 1.29 is 33.3 Å². The minimum Gasteiger partial charge on any atom is -1.00 e. The van der Waals surface area contributed by atoms with Crippen molar-refractivity contribution in [1.29, 1.82) is 0 Å². The number of fused-ring (bicyclic) bond motifs is 2. The van der Waals surface area contributed by atoms with E-state index in [1.165, 1.54) is 37.2 Å². The number of hydrogen-bond donors (Lipinski definition) is 0. The Morgan fingerprint density at radius 2 is 1.76 bits per heavy atom. The average Bonchev–Trinajstić information content (AvgIpc) is 3.08. The second-order valence-corrected chi connectivity index (χ2v) is 8.03. The summed E-state index contributed by atoms with van der Waals surface area (Å²) in [6.07, 6.45) is 4.47. The molecule has 0 aliphatic rings. The van der Waals surface area contributed by atoms with Gasteiger partial charge in [0.2, 0.25) is 5.52 Å². The van der Waals surface area contributed by atoms with Crippen molar-refractivity contribution in [2.24, 2.45) is 0 Å². The molecule has 29 heavy (non-hydrogen) atoms. The fourth-order valence-corrected chi connectivity index (χ4v) is 4.82. The third kappa shape index (κ3) is 4.12. The average molecular weight is 516 g/mol. The van der Waals surface area contributed by atoms with Gasteiger partial charge in [-0.25, -0.2) is 0 Å². The molecule has 0 atom stereocenters. The van der Waals surface area contributed by atoms with Gasteiger partial charge in [-0.1, -0.05) is 41.7 Å². The summed E-state index contributed by atoms with van der Waals surface area (Å²) in [5.74, 6) is 0.901. The van der Waals surface area contributed by atoms with Gasteiger partial charge in [0, 0.05) is 43.4 Å². The third-order valence-electron chi connectivity index (χ3n) is 5.08. The second-order valence-electron chi connectivity index (χ2n) is 6.97. The fraction of sp³-hybridized carbons (Fsp3) is 0.208. The van der Waals surface area contributed by atoms with Crippen molar-refractivity contribution in [2.75, 3.05) is 26.1 Å². The van der Waals surface area contributed by atoms with E-state index >= 15 is 0 Å². The fourth-order valence-electron chi connectivity index (χ4n) is 3.67. The van der Waals surface area contributed by atoms with Crippen LogP contribution in [0.5, 0.6) is 5.75 Å². The first-order valence-corrected chi connectivity index (χ1v) is 10.3. The Bertz CT molecular complexity index is 1180. The van der Waals surface area contributed by atoms with E-state index in [0.29, 0.717) is 0 Å². The van der Waals surface area contributed by atoms with Crippen LogP contribution in [0.15, 0.2) is 54.6 Å². The Labute approximate surface area is 193 Å². The van der Waals surface area contributed by atoms with Gasteiger partial charge in [0.05, 0.1) is 7.11 Å². The van der Waals surface area contributed by atoms with E-state index in [0.717, 1.165) is 12.3 Å². The number of aryl methyl sites for hydroxylation is 1. The quantitative estimate of drug-likeness (QED) is 0.300. The summed E-state index contributed by atoms with van der Waals surface area (Å²) in [6, 6.07) is 19.3. The van der Waals surface area contributed by atoms with Crippen molar-refractivity contribution in [1.82, 2.24) is 0 Å². The summed E-state index contributed by atoms with van der Waals surface area (Å²) in [4.78, 5) is 2.17. The third-order valence-corrected chi connectivity index (χ3v) is 6.19. The number of ether oxygens (including phenoxy) is 1. The van der Waals surface area contributed by atoms with Gasteiger partial charge in [-0.2, -0.15) is 4.57 Å². The smallest absolute Gasteiger partial charge is 0.262 e. The molecule has 0 amide bonds. The molecular formula is C24H25IN2OS. The summed E-state index contributed by atoms with van der Waals surface area (Å²) >= 11 is 1.80. The van der Waals surface area contributed by atoms with Gasteiger partial charge < -0.3 is 33.6 Å². The minimum absolute atomic E-state index is 0. The van der Waals surface area contributed by atoms with Crippen LogP contribution in [-0.2, 0) is 6.54 Å². The monoisotopic (exact) mass is 516 g/mol. The zero-order chi connectivity index (χ0) is 19.7. The van der Waals surface area contributed by atoms with Crippen LogP contribution < -0.4 is 38.2 Å². The van der Waals surface area contributed by atoms with Crippen LogP contribution in [0.25, 0.3) is 33.1 Å². The maximum Gasteiger partial charge on any atom is 0.262 e. The van der Waals surface area contributed by atoms with Gasteiger partial charge in [-0.15, -0.1) is 0 Å². The number of nitrogens with zero attached hydrogens (tertiary/aromatic N) is 2. The molecule has 3 nitrogen and oxygen atoms in total. The Kier molecular flexibility index (Phi) is 6.80. The van der Waals surface area contributed by atoms with E-state index in [1.807, 2.05) is 6.07 Å². The Morgan fingerprint density at radius 3 is 2.45 bits per heavy atom. The molecule has 5 heteroatoms. The van der Waals surface area contributed by atoms with Crippen LogP contribution in [0, 0.1) is 0 Å². The summed E-state index contributed by atoms with van der Waals surface area (Å²) in [6.45, 7) is 3.13. The molecule has 0 aliphatic heterocycles. The first-order valence-electron chi connectivity index (χ1n) is 9.50. The summed E-state index contributed by atoms with van der Waals surface area (Å²) < 4.78 is 8.99. The Balaban J connectivity index is 0.00000240. The predicted molar refractivity (Wildman–Crippen MR) is 121 cm³/mol. The molecule has 1 heterocycles. The lowest BCUT2D eigenvalue weighted by Crippen LogP contribution is -3.00. The van der Waals surface area contributed by atoms with E-state index in [1.54, 1.807) is 18.4 Å². The zero-order valence-electron chi connectivity index (χ0n) is 17.1. The summed E-state index contributed by atoms with van der Waals surface area (Å²) in [5.41, 5.74) is 3.73. The molecule has 0 N–H and O–H groups in total. The highest BCUT2D eigenvalue weighted by molar-refractivity contribution is 7.18. The zero-order valence-corrected chi connectivity index (χ0v) is 20.1. The number of methoxy groups -OCH3 is 1. The largest absolute Gasteiger partial charge is 1.00 e. The maximum atomic E-state index is 5.39. The lowest BCUT2D eigenvalue weighted by Gasteiger charge is -2.16. The normalized spacial score (nSPS) is 11.2. The molecule has 1 aromatic heterocycles. The van der Waals surface area contributed by atoms with Gasteiger partial charge >= 0.3 is 0 Å². The molecule has 0 radical (unpaired) electrons. The molecule has 0 spiro atoms. The van der Waals surface area contributed by atoms with Crippen LogP contribution in [0.2, 0.25) is 0 Å². The van der Waals surface area contributed by atoms with E-state index in [-0.39, 0.29) is 24.0 Å². The number of benzene rings is 3. The summed E-state index contributed by atoms with van der Waals surface area (Å²) in [5, 5.41) is 3.79. The first-order chi connectivity index (χ1) is 13.6. The van der Waals surface area contributed by atoms with Gasteiger partial charge in [0.25, 0.3) is 5.01 Å². The molecule has 0 unspecified atom stereocenters. The van der Waals surface area contributed by atoms with Crippen molar-refractivity contribution >= 4 is 50.2 Å². The second kappa shape index (κ2) is 9.13. The van der Waals surface area contributed by atoms with E-state index in [2.05, 4.69) is 91.2 Å². The van der Waals surface area contributed by atoms with Crippen LogP contribution in [0.3, 0.4) is 0 Å². The lowest BCUT2D eigenvalue weighted by atomic mass is 10.0. The number of halogens is 1. The lowest BCUT2D eigenvalue weighted by molar-refractivity contribution is -0.665. The number of anilines is 1. The topological polar surface area (TPSA) is 16.4 Å². The van der Waals surface area contributed by atoms with E-state index < -0.39 is 0 Å². The number of aromatic nitrogens is 1. The van der Waals surface area contributed by atoms with Crippen LogP contribution >= 0.6 is 11.3 Å². The van der Waals surface area contributed by atoms with Crippen molar-refractivity contribution in [3.05, 3.63) is 65.2 Å². The van der Waals surface area contributed by atoms with Gasteiger partial charge in [0.1, 0.15) is 17.0 Å². The van der Waals surface area contributed by atoms with E-state index in [9.17, 15) is 0 Å². The SMILES string of the molecule is CC[n+]1c(/C=C/c2ccc(N(C)C)c3ccccc23)sc2cc(OC)ccc21.[I-]. The minimum atomic E-state index is 0. The van der Waals surface area contributed by atoms with Crippen molar-refractivity contribution in [3.8, 4) is 5.75 Å². The molecule has 0 saturated carbocycles. The van der Waals surface area contributed by atoms with Crippen LogP contribution in [0.4, 0.5) is 5.69 Å². The molecule has 3 aromatic carbocycles. The number of thiazole rings is 1. The first kappa shape index (κ1) is 21.6. The molecular weight excluding hydrogens is 491 g/mol. The van der Waals surface area contributed by atoms with Gasteiger partial charge in [-0.05, 0) is 36.1 Å². The molecule has 4 aromatic rings. The Hall–Kier alpha value is -2.12. The number of hydrogen-bond acceptors (Lipinski definition) is 3. The standard InChI is InChI=1S/C24H25N2OS.HI/c1-5-26-22-14-12-18(27-4)16-23(22)28-24(26)15-11-17-10-13-21(25(2)3)20-9-7-6-8-19(17)20;/h6-16H,5H2,1-4H3;1H/q+1;/p-1. The summed E-state index contributed by atoms with van der Waals surface area (Å²) in [7, 11) is 5.89. The highest BCUT2D eigenvalue weighted by atomic mass is 127. The molecule has 150 valence electrons. The highest BCUT2D eigenvalue weighted by Gasteiger charge is 2.17. The van der Waals surface area contributed by atoms with Crippen LogP contribution in [-0.4, -0.2) is 21.2 Å². The van der Waals surface area contributed by atoms with Gasteiger partial charge in [-0.3, -0.25) is 0 Å². The number of rotatable bonds is 5. The highest BCUT2D eigenvalue weighted by Crippen LogP contribution is 2.30. The van der Waals surface area contributed by atoms with Crippen molar-refractivity contribution in [2.45, 2.75) is 13.5 Å². The molecule has 0 bridgehead atoms. The van der Waals surface area contributed by atoms with Crippen molar-refractivity contribution in [3.63, 3.8) is 0 Å². The molecule has 0 fully saturated rings. The Morgan fingerprint density at radius 1 is 1.00 bits per heavy atom.